The lowest BCUT2D eigenvalue weighted by Gasteiger charge is -2.36. The monoisotopic (exact) mass is 345 g/mol. The van der Waals surface area contributed by atoms with Crippen molar-refractivity contribution in [3.05, 3.63) is 68.6 Å². The molecule has 0 unspecified atom stereocenters. The summed E-state index contributed by atoms with van der Waals surface area (Å²) >= 11 is 5.81. The number of amides is 1. The van der Waals surface area contributed by atoms with Crippen LogP contribution in [0.4, 0.5) is 0 Å². The van der Waals surface area contributed by atoms with Crippen LogP contribution in [0.2, 0.25) is 5.02 Å². The second-order valence-corrected chi connectivity index (χ2v) is 6.70. The van der Waals surface area contributed by atoms with Gasteiger partial charge in [0.1, 0.15) is 5.02 Å². The van der Waals surface area contributed by atoms with Crippen molar-refractivity contribution in [1.29, 1.82) is 0 Å². The lowest BCUT2D eigenvalue weighted by molar-refractivity contribution is 0.0733. The Hall–Kier alpha value is -2.11. The van der Waals surface area contributed by atoms with Crippen molar-refractivity contribution in [3.63, 3.8) is 0 Å². The molecule has 5 nitrogen and oxygen atoms in total. The van der Waals surface area contributed by atoms with Crippen LogP contribution in [0.25, 0.3) is 0 Å². The summed E-state index contributed by atoms with van der Waals surface area (Å²) in [7, 11) is 3.85. The molecule has 0 fully saturated rings. The van der Waals surface area contributed by atoms with Gasteiger partial charge in [-0.1, -0.05) is 35.9 Å². The molecule has 1 aliphatic rings. The maximum atomic E-state index is 12.6. The van der Waals surface area contributed by atoms with Crippen LogP contribution in [0.3, 0.4) is 0 Å². The van der Waals surface area contributed by atoms with E-state index in [-0.39, 0.29) is 22.5 Å². The van der Waals surface area contributed by atoms with Crippen LogP contribution in [0.15, 0.2) is 41.3 Å². The average Bonchev–Trinajstić information content (AvgIpc) is 2.57. The Bertz CT molecular complexity index is 818. The summed E-state index contributed by atoms with van der Waals surface area (Å²) in [5.41, 5.74) is 2.69. The van der Waals surface area contributed by atoms with Gasteiger partial charge in [-0.15, -0.1) is 0 Å². The van der Waals surface area contributed by atoms with E-state index in [0.717, 1.165) is 13.0 Å². The molecule has 2 aromatic rings. The smallest absolute Gasteiger partial charge is 0.266 e. The van der Waals surface area contributed by atoms with Gasteiger partial charge in [-0.3, -0.25) is 14.5 Å². The molecule has 0 bridgehead atoms. The van der Waals surface area contributed by atoms with Crippen LogP contribution >= 0.6 is 11.6 Å². The van der Waals surface area contributed by atoms with Crippen molar-refractivity contribution >= 4 is 17.5 Å². The van der Waals surface area contributed by atoms with Gasteiger partial charge in [0.2, 0.25) is 0 Å². The average molecular weight is 346 g/mol. The van der Waals surface area contributed by atoms with Crippen molar-refractivity contribution in [2.75, 3.05) is 20.6 Å². The van der Waals surface area contributed by atoms with E-state index in [0.29, 0.717) is 12.1 Å². The zero-order valence-corrected chi connectivity index (χ0v) is 14.5. The van der Waals surface area contributed by atoms with E-state index in [1.807, 2.05) is 0 Å². The van der Waals surface area contributed by atoms with E-state index < -0.39 is 0 Å². The Morgan fingerprint density at radius 3 is 2.79 bits per heavy atom. The highest BCUT2D eigenvalue weighted by atomic mass is 35.5. The van der Waals surface area contributed by atoms with Crippen molar-refractivity contribution in [2.45, 2.75) is 19.0 Å². The van der Waals surface area contributed by atoms with Gasteiger partial charge in [0.25, 0.3) is 11.5 Å². The number of hydrogen-bond donors (Lipinski definition) is 1. The number of likely N-dealkylation sites (N-methyl/N-ethyl adjacent to an activating group) is 2. The number of fused-ring (bicyclic) bond motifs is 1. The SMILES string of the molecule is CN(C[C@H]1Cc2ccccc2CN1C)C(=O)c1c[nH]c(=O)c(Cl)c1. The molecule has 3 rings (SSSR count). The highest BCUT2D eigenvalue weighted by molar-refractivity contribution is 6.30. The summed E-state index contributed by atoms with van der Waals surface area (Å²) in [4.78, 5) is 30.3. The van der Waals surface area contributed by atoms with Gasteiger partial charge in [-0.2, -0.15) is 0 Å². The maximum absolute atomic E-state index is 12.6. The normalized spacial score (nSPS) is 17.4. The minimum Gasteiger partial charge on any atom is -0.340 e. The molecule has 1 aromatic heterocycles. The minimum absolute atomic E-state index is 0.0259. The zero-order chi connectivity index (χ0) is 17.3. The first-order chi connectivity index (χ1) is 11.5. The van der Waals surface area contributed by atoms with Crippen LogP contribution in [0.1, 0.15) is 21.5 Å². The summed E-state index contributed by atoms with van der Waals surface area (Å²) in [6, 6.07) is 10.1. The molecule has 0 aliphatic carbocycles. The van der Waals surface area contributed by atoms with Crippen molar-refractivity contribution in [3.8, 4) is 0 Å². The molecular formula is C18H20ClN3O2. The third kappa shape index (κ3) is 3.37. The van der Waals surface area contributed by atoms with Gasteiger partial charge < -0.3 is 9.88 Å². The molecule has 126 valence electrons. The zero-order valence-electron chi connectivity index (χ0n) is 13.8. The summed E-state index contributed by atoms with van der Waals surface area (Å²) in [5.74, 6) is -0.152. The third-order valence-electron chi connectivity index (χ3n) is 4.55. The first-order valence-corrected chi connectivity index (χ1v) is 8.24. The van der Waals surface area contributed by atoms with Gasteiger partial charge in [-0.25, -0.2) is 0 Å². The van der Waals surface area contributed by atoms with Gasteiger partial charge >= 0.3 is 0 Å². The van der Waals surface area contributed by atoms with E-state index in [1.54, 1.807) is 11.9 Å². The molecule has 0 saturated carbocycles. The summed E-state index contributed by atoms with van der Waals surface area (Å²) in [6.07, 6.45) is 2.32. The molecule has 2 heterocycles. The number of nitrogens with zero attached hydrogens (tertiary/aromatic N) is 2. The number of rotatable bonds is 3. The largest absolute Gasteiger partial charge is 0.340 e. The molecule has 24 heavy (non-hydrogen) atoms. The van der Waals surface area contributed by atoms with Gasteiger partial charge in [0.05, 0.1) is 5.56 Å². The fraction of sp³-hybridized carbons (Fsp3) is 0.333. The molecule has 1 amide bonds. The number of pyridine rings is 1. The number of hydrogen-bond acceptors (Lipinski definition) is 3. The molecule has 1 aliphatic heterocycles. The maximum Gasteiger partial charge on any atom is 0.266 e. The Labute approximate surface area is 145 Å². The number of nitrogens with one attached hydrogen (secondary N) is 1. The summed E-state index contributed by atoms with van der Waals surface area (Å²) in [6.45, 7) is 1.49. The van der Waals surface area contributed by atoms with Gasteiger partial charge in [0.15, 0.2) is 0 Å². The number of aromatic nitrogens is 1. The topological polar surface area (TPSA) is 56.4 Å². The highest BCUT2D eigenvalue weighted by Crippen LogP contribution is 2.22. The first kappa shape index (κ1) is 16.7. The first-order valence-electron chi connectivity index (χ1n) is 7.86. The fourth-order valence-corrected chi connectivity index (χ4v) is 3.29. The molecule has 1 atom stereocenters. The van der Waals surface area contributed by atoms with Crippen molar-refractivity contribution in [2.24, 2.45) is 0 Å². The Morgan fingerprint density at radius 1 is 1.38 bits per heavy atom. The standard InChI is InChI=1S/C18H20ClN3O2/c1-21-10-13-6-4-3-5-12(13)7-15(21)11-22(2)18(24)14-8-16(19)17(23)20-9-14/h3-6,8-9,15H,7,10-11H2,1-2H3,(H,20,23)/t15-/m1/s1. The van der Waals surface area contributed by atoms with Crippen LogP contribution in [-0.4, -0.2) is 47.4 Å². The van der Waals surface area contributed by atoms with Crippen molar-refractivity contribution in [1.82, 2.24) is 14.8 Å². The van der Waals surface area contributed by atoms with Crippen LogP contribution < -0.4 is 5.56 Å². The lowest BCUT2D eigenvalue weighted by Crippen LogP contribution is -2.46. The number of halogens is 1. The second-order valence-electron chi connectivity index (χ2n) is 6.29. The molecule has 1 aromatic carbocycles. The molecule has 0 spiro atoms. The number of H-pyrrole nitrogens is 1. The highest BCUT2D eigenvalue weighted by Gasteiger charge is 2.26. The van der Waals surface area contributed by atoms with Gasteiger partial charge in [-0.05, 0) is 30.7 Å². The number of carbonyl (C=O) groups excluding carboxylic acids is 1. The Balaban J connectivity index is 1.72. The van der Waals surface area contributed by atoms with E-state index in [1.165, 1.54) is 23.4 Å². The minimum atomic E-state index is -0.389. The van der Waals surface area contributed by atoms with Crippen LogP contribution in [0.5, 0.6) is 0 Å². The predicted molar refractivity (Wildman–Crippen MR) is 94.4 cm³/mol. The van der Waals surface area contributed by atoms with Gasteiger partial charge in [0, 0.05) is 32.4 Å². The third-order valence-corrected chi connectivity index (χ3v) is 4.83. The molecule has 0 radical (unpaired) electrons. The molecular weight excluding hydrogens is 326 g/mol. The quantitative estimate of drug-likeness (QED) is 0.927. The summed E-state index contributed by atoms with van der Waals surface area (Å²) in [5, 5.41) is 0.0259. The molecule has 0 saturated heterocycles. The molecule has 1 N–H and O–H groups in total. The van der Waals surface area contributed by atoms with E-state index in [4.69, 9.17) is 11.6 Å². The Kier molecular flexibility index (Phi) is 4.73. The number of aromatic amines is 1. The van der Waals surface area contributed by atoms with E-state index >= 15 is 0 Å². The number of carbonyl (C=O) groups is 1. The predicted octanol–water partition coefficient (Wildman–Crippen LogP) is 2.16. The van der Waals surface area contributed by atoms with Crippen LogP contribution in [-0.2, 0) is 13.0 Å². The van der Waals surface area contributed by atoms with Crippen molar-refractivity contribution < 1.29 is 4.79 Å². The molecule has 6 heteroatoms. The van der Waals surface area contributed by atoms with E-state index in [9.17, 15) is 9.59 Å². The van der Waals surface area contributed by atoms with Crippen LogP contribution in [0, 0.1) is 0 Å². The lowest BCUT2D eigenvalue weighted by atomic mass is 9.94. The number of benzene rings is 1. The Morgan fingerprint density at radius 2 is 2.08 bits per heavy atom. The second kappa shape index (κ2) is 6.79. The fourth-order valence-electron chi connectivity index (χ4n) is 3.12. The summed E-state index contributed by atoms with van der Waals surface area (Å²) < 4.78 is 0. The van der Waals surface area contributed by atoms with E-state index in [2.05, 4.69) is 41.2 Å².